The Hall–Kier alpha value is -2.31. The summed E-state index contributed by atoms with van der Waals surface area (Å²) in [5, 5.41) is 2.46. The average molecular weight is 329 g/mol. The Morgan fingerprint density at radius 2 is 1.91 bits per heavy atom. The average Bonchev–Trinajstić information content (AvgIpc) is 2.49. The van der Waals surface area contributed by atoms with Crippen molar-refractivity contribution >= 4 is 18.0 Å². The highest BCUT2D eigenvalue weighted by Crippen LogP contribution is 2.29. The lowest BCUT2D eigenvalue weighted by Gasteiger charge is -2.18. The van der Waals surface area contributed by atoms with Crippen molar-refractivity contribution in [2.24, 2.45) is 5.92 Å². The van der Waals surface area contributed by atoms with E-state index in [9.17, 15) is 22.8 Å². The van der Waals surface area contributed by atoms with E-state index in [4.69, 9.17) is 0 Å². The van der Waals surface area contributed by atoms with Crippen molar-refractivity contribution in [1.82, 2.24) is 5.32 Å². The molecule has 23 heavy (non-hydrogen) atoms. The molecule has 0 spiro atoms. The van der Waals surface area contributed by atoms with Gasteiger partial charge >= 0.3 is 12.1 Å². The molecule has 1 unspecified atom stereocenters. The van der Waals surface area contributed by atoms with Crippen LogP contribution in [0.2, 0.25) is 0 Å². The van der Waals surface area contributed by atoms with Gasteiger partial charge in [0.05, 0.1) is 12.7 Å². The first-order valence-electron chi connectivity index (χ1n) is 6.89. The standard InChI is InChI=1S/C16H18F3NO3/c1-10(2)14(15(22)23-3)20-13(21)8-7-11-5-4-6-12(9-11)16(17,18)19/h4-10,14H,1-3H3,(H,20,21)/b8-7+. The second-order valence-corrected chi connectivity index (χ2v) is 5.21. The number of nitrogens with one attached hydrogen (secondary N) is 1. The van der Waals surface area contributed by atoms with Crippen molar-refractivity contribution in [3.05, 3.63) is 41.5 Å². The maximum absolute atomic E-state index is 12.6. The third-order valence-electron chi connectivity index (χ3n) is 3.06. The summed E-state index contributed by atoms with van der Waals surface area (Å²) in [5.74, 6) is -1.36. The molecular weight excluding hydrogens is 311 g/mol. The van der Waals surface area contributed by atoms with Crippen LogP contribution < -0.4 is 5.32 Å². The number of esters is 1. The Labute approximate surface area is 132 Å². The van der Waals surface area contributed by atoms with Crippen molar-refractivity contribution < 1.29 is 27.5 Å². The van der Waals surface area contributed by atoms with Gasteiger partial charge in [0.2, 0.25) is 5.91 Å². The van der Waals surface area contributed by atoms with Crippen LogP contribution in [0.4, 0.5) is 13.2 Å². The van der Waals surface area contributed by atoms with Gasteiger partial charge in [0.15, 0.2) is 0 Å². The van der Waals surface area contributed by atoms with Crippen LogP contribution in [0, 0.1) is 5.92 Å². The molecule has 126 valence electrons. The summed E-state index contributed by atoms with van der Waals surface area (Å²) in [6.07, 6.45) is -2.12. The summed E-state index contributed by atoms with van der Waals surface area (Å²) in [4.78, 5) is 23.3. The second-order valence-electron chi connectivity index (χ2n) is 5.21. The fourth-order valence-corrected chi connectivity index (χ4v) is 1.82. The van der Waals surface area contributed by atoms with Crippen molar-refractivity contribution in [1.29, 1.82) is 0 Å². The van der Waals surface area contributed by atoms with E-state index >= 15 is 0 Å². The SMILES string of the molecule is COC(=O)C(NC(=O)/C=C/c1cccc(C(F)(F)F)c1)C(C)C. The summed E-state index contributed by atoms with van der Waals surface area (Å²) in [5.41, 5.74) is -0.566. The van der Waals surface area contributed by atoms with Crippen molar-refractivity contribution in [3.8, 4) is 0 Å². The van der Waals surface area contributed by atoms with Gasteiger partial charge in [-0.05, 0) is 29.7 Å². The van der Waals surface area contributed by atoms with Crippen LogP contribution in [0.25, 0.3) is 6.08 Å². The first-order chi connectivity index (χ1) is 10.6. The van der Waals surface area contributed by atoms with Crippen molar-refractivity contribution in [2.45, 2.75) is 26.1 Å². The highest BCUT2D eigenvalue weighted by Gasteiger charge is 2.30. The van der Waals surface area contributed by atoms with Crippen LogP contribution >= 0.6 is 0 Å². The maximum Gasteiger partial charge on any atom is 0.416 e. The summed E-state index contributed by atoms with van der Waals surface area (Å²) in [6, 6.07) is 3.76. The number of hydrogen-bond donors (Lipinski definition) is 1. The maximum atomic E-state index is 12.6. The zero-order valence-electron chi connectivity index (χ0n) is 13.0. The predicted octanol–water partition coefficient (Wildman–Crippen LogP) is 3.03. The number of amides is 1. The molecule has 0 fully saturated rings. The van der Waals surface area contributed by atoms with Gasteiger partial charge in [-0.2, -0.15) is 13.2 Å². The van der Waals surface area contributed by atoms with Gasteiger partial charge in [0.1, 0.15) is 6.04 Å². The van der Waals surface area contributed by atoms with Gasteiger partial charge in [-0.25, -0.2) is 4.79 Å². The molecule has 0 saturated carbocycles. The Morgan fingerprint density at radius 3 is 2.43 bits per heavy atom. The molecular formula is C16H18F3NO3. The molecule has 0 aliphatic rings. The number of benzene rings is 1. The van der Waals surface area contributed by atoms with Crippen LogP contribution in [0.1, 0.15) is 25.0 Å². The zero-order valence-corrected chi connectivity index (χ0v) is 13.0. The van der Waals surface area contributed by atoms with Crippen LogP contribution in [-0.4, -0.2) is 25.0 Å². The van der Waals surface area contributed by atoms with E-state index in [0.29, 0.717) is 0 Å². The van der Waals surface area contributed by atoms with Crippen LogP contribution in [0.5, 0.6) is 0 Å². The van der Waals surface area contributed by atoms with Crippen LogP contribution in [0.3, 0.4) is 0 Å². The third-order valence-corrected chi connectivity index (χ3v) is 3.06. The van der Waals surface area contributed by atoms with Gasteiger partial charge < -0.3 is 10.1 Å². The number of methoxy groups -OCH3 is 1. The first kappa shape index (κ1) is 18.7. The number of hydrogen-bond acceptors (Lipinski definition) is 3. The van der Waals surface area contributed by atoms with E-state index in [-0.39, 0.29) is 11.5 Å². The minimum absolute atomic E-state index is 0.187. The van der Waals surface area contributed by atoms with Crippen molar-refractivity contribution in [2.75, 3.05) is 7.11 Å². The third kappa shape index (κ3) is 5.77. The lowest BCUT2D eigenvalue weighted by Crippen LogP contribution is -2.44. The minimum atomic E-state index is -4.44. The molecule has 0 aromatic heterocycles. The molecule has 4 nitrogen and oxygen atoms in total. The second kappa shape index (κ2) is 7.80. The minimum Gasteiger partial charge on any atom is -0.467 e. The molecule has 1 atom stereocenters. The molecule has 0 saturated heterocycles. The predicted molar refractivity (Wildman–Crippen MR) is 79.3 cm³/mol. The molecule has 0 aliphatic carbocycles. The van der Waals surface area contributed by atoms with Crippen LogP contribution in [-0.2, 0) is 20.5 Å². The number of carbonyl (C=O) groups is 2. The van der Waals surface area contributed by atoms with Gasteiger partial charge in [-0.1, -0.05) is 26.0 Å². The molecule has 1 N–H and O–H groups in total. The molecule has 0 aliphatic heterocycles. The Bertz CT molecular complexity index is 594. The first-order valence-corrected chi connectivity index (χ1v) is 6.89. The van der Waals surface area contributed by atoms with Gasteiger partial charge in [0.25, 0.3) is 0 Å². The van der Waals surface area contributed by atoms with E-state index < -0.39 is 29.7 Å². The van der Waals surface area contributed by atoms with Gasteiger partial charge in [-0.3, -0.25) is 4.79 Å². The van der Waals surface area contributed by atoms with E-state index in [1.165, 1.54) is 25.3 Å². The quantitative estimate of drug-likeness (QED) is 0.667. The monoisotopic (exact) mass is 329 g/mol. The summed E-state index contributed by atoms with van der Waals surface area (Å²) < 4.78 is 42.4. The van der Waals surface area contributed by atoms with Crippen LogP contribution in [0.15, 0.2) is 30.3 Å². The fraction of sp³-hybridized carbons (Fsp3) is 0.375. The number of alkyl halides is 3. The lowest BCUT2D eigenvalue weighted by molar-refractivity contribution is -0.145. The lowest BCUT2D eigenvalue weighted by atomic mass is 10.0. The highest BCUT2D eigenvalue weighted by atomic mass is 19.4. The number of ether oxygens (including phenoxy) is 1. The van der Waals surface area contributed by atoms with Gasteiger partial charge in [0, 0.05) is 6.08 Å². The number of halogens is 3. The molecule has 1 amide bonds. The van der Waals surface area contributed by atoms with E-state index in [0.717, 1.165) is 18.2 Å². The molecule has 1 aromatic rings. The number of carbonyl (C=O) groups excluding carboxylic acids is 2. The largest absolute Gasteiger partial charge is 0.467 e. The normalized spacial score (nSPS) is 13.2. The van der Waals surface area contributed by atoms with E-state index in [2.05, 4.69) is 10.1 Å². The molecule has 1 rings (SSSR count). The molecule has 7 heteroatoms. The van der Waals surface area contributed by atoms with Gasteiger partial charge in [-0.15, -0.1) is 0 Å². The Balaban J connectivity index is 2.81. The Kier molecular flexibility index (Phi) is 6.36. The zero-order chi connectivity index (χ0) is 17.6. The molecule has 0 bridgehead atoms. The summed E-state index contributed by atoms with van der Waals surface area (Å²) in [6.45, 7) is 3.47. The molecule has 1 aromatic carbocycles. The van der Waals surface area contributed by atoms with E-state index in [1.807, 2.05) is 0 Å². The summed E-state index contributed by atoms with van der Waals surface area (Å²) >= 11 is 0. The molecule has 0 heterocycles. The van der Waals surface area contributed by atoms with E-state index in [1.54, 1.807) is 13.8 Å². The topological polar surface area (TPSA) is 55.4 Å². The van der Waals surface area contributed by atoms with Crippen molar-refractivity contribution in [3.63, 3.8) is 0 Å². The highest BCUT2D eigenvalue weighted by molar-refractivity contribution is 5.94. The summed E-state index contributed by atoms with van der Waals surface area (Å²) in [7, 11) is 1.21. The molecule has 0 radical (unpaired) electrons. The Morgan fingerprint density at radius 1 is 1.26 bits per heavy atom. The number of rotatable bonds is 5. The smallest absolute Gasteiger partial charge is 0.416 e. The fourth-order valence-electron chi connectivity index (χ4n) is 1.82.